The lowest BCUT2D eigenvalue weighted by molar-refractivity contribution is 0.0416. The summed E-state index contributed by atoms with van der Waals surface area (Å²) in [5.74, 6) is 1.55. The minimum Gasteiger partial charge on any atom is -0.442 e. The van der Waals surface area contributed by atoms with Crippen LogP contribution in [0.25, 0.3) is 0 Å². The first-order valence-electron chi connectivity index (χ1n) is 6.09. The summed E-state index contributed by atoms with van der Waals surface area (Å²) < 4.78 is 16.3. The fraction of sp³-hybridized carbons (Fsp3) is 0.750. The van der Waals surface area contributed by atoms with Crippen LogP contribution in [-0.4, -0.2) is 31.3 Å². The third-order valence-electron chi connectivity index (χ3n) is 2.88. The average molecular weight is 240 g/mol. The first kappa shape index (κ1) is 12.5. The Morgan fingerprint density at radius 3 is 3.12 bits per heavy atom. The van der Waals surface area contributed by atoms with Gasteiger partial charge in [-0.05, 0) is 19.8 Å². The van der Waals surface area contributed by atoms with Gasteiger partial charge in [0.1, 0.15) is 6.10 Å². The lowest BCUT2D eigenvalue weighted by Gasteiger charge is -2.06. The Morgan fingerprint density at radius 1 is 1.53 bits per heavy atom. The zero-order valence-corrected chi connectivity index (χ0v) is 10.4. The largest absolute Gasteiger partial charge is 0.442 e. The lowest BCUT2D eigenvalue weighted by Crippen LogP contribution is -2.18. The van der Waals surface area contributed by atoms with Crippen molar-refractivity contribution in [1.82, 2.24) is 10.3 Å². The molecule has 17 heavy (non-hydrogen) atoms. The van der Waals surface area contributed by atoms with E-state index in [1.54, 1.807) is 13.3 Å². The minimum atomic E-state index is 0.0882. The van der Waals surface area contributed by atoms with E-state index in [2.05, 4.69) is 17.2 Å². The summed E-state index contributed by atoms with van der Waals surface area (Å²) >= 11 is 0. The second-order valence-corrected chi connectivity index (χ2v) is 4.34. The molecule has 2 atom stereocenters. The predicted octanol–water partition coefficient (Wildman–Crippen LogP) is 1.65. The van der Waals surface area contributed by atoms with Crippen LogP contribution in [0.2, 0.25) is 0 Å². The van der Waals surface area contributed by atoms with E-state index in [0.717, 1.165) is 25.1 Å². The minimum absolute atomic E-state index is 0.0882. The Bertz CT molecular complexity index is 340. The van der Waals surface area contributed by atoms with Gasteiger partial charge in [-0.3, -0.25) is 0 Å². The van der Waals surface area contributed by atoms with Crippen molar-refractivity contribution in [1.29, 1.82) is 0 Å². The summed E-state index contributed by atoms with van der Waals surface area (Å²) in [5.41, 5.74) is 0. The topological polar surface area (TPSA) is 56.5 Å². The predicted molar refractivity (Wildman–Crippen MR) is 62.6 cm³/mol. The molecule has 0 spiro atoms. The summed E-state index contributed by atoms with van der Waals surface area (Å²) in [7, 11) is 1.68. The highest BCUT2D eigenvalue weighted by atomic mass is 16.5. The number of rotatable bonds is 6. The molecule has 0 saturated carbocycles. The second-order valence-electron chi connectivity index (χ2n) is 4.34. The molecule has 1 aliphatic rings. The van der Waals surface area contributed by atoms with Gasteiger partial charge in [-0.2, -0.15) is 0 Å². The van der Waals surface area contributed by atoms with E-state index in [9.17, 15) is 0 Å². The normalized spacial score (nSPS) is 24.4. The fourth-order valence-corrected chi connectivity index (χ4v) is 1.94. The lowest BCUT2D eigenvalue weighted by atomic mass is 10.2. The van der Waals surface area contributed by atoms with E-state index in [0.29, 0.717) is 25.1 Å². The van der Waals surface area contributed by atoms with Crippen LogP contribution in [0.4, 0.5) is 0 Å². The molecule has 96 valence electrons. The number of aromatic nitrogens is 1. The van der Waals surface area contributed by atoms with Crippen molar-refractivity contribution in [3.8, 4) is 0 Å². The highest BCUT2D eigenvalue weighted by molar-refractivity contribution is 5.00. The van der Waals surface area contributed by atoms with E-state index < -0.39 is 0 Å². The molecular formula is C12H20N2O3. The first-order valence-corrected chi connectivity index (χ1v) is 6.09. The van der Waals surface area contributed by atoms with Crippen LogP contribution < -0.4 is 5.32 Å². The summed E-state index contributed by atoms with van der Waals surface area (Å²) in [6.07, 6.45) is 4.30. The third-order valence-corrected chi connectivity index (χ3v) is 2.88. The Kier molecular flexibility index (Phi) is 4.53. The van der Waals surface area contributed by atoms with Gasteiger partial charge in [0, 0.05) is 13.7 Å². The smallest absolute Gasteiger partial charge is 0.208 e. The van der Waals surface area contributed by atoms with Crippen LogP contribution in [-0.2, 0) is 16.0 Å². The summed E-state index contributed by atoms with van der Waals surface area (Å²) in [6.45, 7) is 4.21. The number of methoxy groups -OCH3 is 1. The highest BCUT2D eigenvalue weighted by Crippen LogP contribution is 2.32. The van der Waals surface area contributed by atoms with Crippen LogP contribution >= 0.6 is 0 Å². The molecular weight excluding hydrogens is 220 g/mol. The Labute approximate surface area is 102 Å². The number of ether oxygens (including phenoxy) is 2. The maximum atomic E-state index is 5.73. The van der Waals surface area contributed by atoms with Crippen molar-refractivity contribution in [2.75, 3.05) is 20.3 Å². The highest BCUT2D eigenvalue weighted by Gasteiger charge is 2.26. The number of nitrogens with one attached hydrogen (secondary N) is 1. The van der Waals surface area contributed by atoms with Crippen LogP contribution in [0, 0.1) is 0 Å². The van der Waals surface area contributed by atoms with Gasteiger partial charge in [-0.25, -0.2) is 4.98 Å². The van der Waals surface area contributed by atoms with Crippen LogP contribution in [0.1, 0.15) is 37.5 Å². The molecule has 0 aromatic carbocycles. The van der Waals surface area contributed by atoms with Crippen molar-refractivity contribution >= 4 is 0 Å². The molecule has 1 N–H and O–H groups in total. The third kappa shape index (κ3) is 3.52. The summed E-state index contributed by atoms with van der Waals surface area (Å²) in [5, 5.41) is 3.19. The van der Waals surface area contributed by atoms with Gasteiger partial charge >= 0.3 is 0 Å². The molecule has 1 fully saturated rings. The summed E-state index contributed by atoms with van der Waals surface area (Å²) in [6, 6.07) is 0. The molecule has 5 nitrogen and oxygen atoms in total. The number of nitrogens with zero attached hydrogens (tertiary/aromatic N) is 1. The second kappa shape index (κ2) is 6.14. The van der Waals surface area contributed by atoms with Crippen molar-refractivity contribution in [2.24, 2.45) is 0 Å². The molecule has 2 heterocycles. The molecule has 5 heteroatoms. The molecule has 0 aliphatic carbocycles. The van der Waals surface area contributed by atoms with Gasteiger partial charge in [0.05, 0.1) is 25.5 Å². The van der Waals surface area contributed by atoms with Crippen molar-refractivity contribution in [3.05, 3.63) is 17.8 Å². The average Bonchev–Trinajstić information content (AvgIpc) is 2.93. The van der Waals surface area contributed by atoms with E-state index >= 15 is 0 Å². The van der Waals surface area contributed by atoms with E-state index in [4.69, 9.17) is 13.9 Å². The van der Waals surface area contributed by atoms with Gasteiger partial charge in [0.25, 0.3) is 0 Å². The van der Waals surface area contributed by atoms with Gasteiger partial charge in [-0.15, -0.1) is 0 Å². The molecule has 2 unspecified atom stereocenters. The fourth-order valence-electron chi connectivity index (χ4n) is 1.94. The molecule has 1 aromatic rings. The molecule has 2 rings (SSSR count). The first-order chi connectivity index (χ1) is 8.29. The van der Waals surface area contributed by atoms with Gasteiger partial charge in [-0.1, -0.05) is 0 Å². The van der Waals surface area contributed by atoms with Crippen molar-refractivity contribution in [3.63, 3.8) is 0 Å². The van der Waals surface area contributed by atoms with Crippen LogP contribution in [0.15, 0.2) is 10.6 Å². The zero-order valence-electron chi connectivity index (χ0n) is 10.4. The van der Waals surface area contributed by atoms with Gasteiger partial charge in [0.15, 0.2) is 5.76 Å². The maximum Gasteiger partial charge on any atom is 0.208 e. The molecule has 0 amide bonds. The Morgan fingerprint density at radius 2 is 2.41 bits per heavy atom. The quantitative estimate of drug-likeness (QED) is 0.766. The standard InChI is InChI=1S/C12H20N2O3/c1-9-3-4-10(16-9)11-7-14-12(17-11)8-13-5-6-15-2/h7,9-10,13H,3-6,8H2,1-2H3. The van der Waals surface area contributed by atoms with E-state index in [-0.39, 0.29) is 6.10 Å². The SMILES string of the molecule is COCCNCc1ncc(C2CCC(C)O2)o1. The molecule has 0 bridgehead atoms. The maximum absolute atomic E-state index is 5.73. The van der Waals surface area contributed by atoms with Crippen molar-refractivity contribution in [2.45, 2.75) is 38.5 Å². The number of hydrogen-bond donors (Lipinski definition) is 1. The number of oxazole rings is 1. The zero-order chi connectivity index (χ0) is 12.1. The number of hydrogen-bond acceptors (Lipinski definition) is 5. The Balaban J connectivity index is 1.79. The molecule has 0 radical (unpaired) electrons. The van der Waals surface area contributed by atoms with Crippen LogP contribution in [0.3, 0.4) is 0 Å². The molecule has 1 aliphatic heterocycles. The molecule has 1 aromatic heterocycles. The summed E-state index contributed by atoms with van der Waals surface area (Å²) in [4.78, 5) is 4.23. The van der Waals surface area contributed by atoms with Crippen LogP contribution in [0.5, 0.6) is 0 Å². The monoisotopic (exact) mass is 240 g/mol. The van der Waals surface area contributed by atoms with Gasteiger partial charge < -0.3 is 19.2 Å². The Hall–Kier alpha value is -0.910. The van der Waals surface area contributed by atoms with Crippen molar-refractivity contribution < 1.29 is 13.9 Å². The van der Waals surface area contributed by atoms with E-state index in [1.165, 1.54) is 0 Å². The molecule has 1 saturated heterocycles. The van der Waals surface area contributed by atoms with E-state index in [1.807, 2.05) is 0 Å². The van der Waals surface area contributed by atoms with Gasteiger partial charge in [0.2, 0.25) is 5.89 Å².